The van der Waals surface area contributed by atoms with Crippen LogP contribution in [0.1, 0.15) is 26.2 Å². The molecule has 0 aliphatic rings. The zero-order valence-electron chi connectivity index (χ0n) is 11.2. The Morgan fingerprint density at radius 2 is 2.11 bits per heavy atom. The lowest BCUT2D eigenvalue weighted by Crippen LogP contribution is -2.06. The first-order valence-electron chi connectivity index (χ1n) is 6.71. The number of imidazole rings is 1. The number of anilines is 1. The fourth-order valence-electron chi connectivity index (χ4n) is 2.02. The van der Waals surface area contributed by atoms with Crippen LogP contribution in [0.5, 0.6) is 0 Å². The highest BCUT2D eigenvalue weighted by molar-refractivity contribution is 9.10. The van der Waals surface area contributed by atoms with E-state index in [0.29, 0.717) is 5.95 Å². The maximum Gasteiger partial charge on any atom is 0.201 e. The summed E-state index contributed by atoms with van der Waals surface area (Å²) in [7, 11) is 0. The Labute approximate surface area is 122 Å². The molecule has 4 nitrogen and oxygen atoms in total. The van der Waals surface area contributed by atoms with Crippen LogP contribution < -0.4 is 5.73 Å². The number of hydrogen-bond donors (Lipinski definition) is 1. The number of unbranched alkanes of at least 4 members (excludes halogenated alkanes) is 1. The number of ether oxygens (including phenoxy) is 1. The molecule has 0 saturated carbocycles. The van der Waals surface area contributed by atoms with Crippen molar-refractivity contribution in [1.82, 2.24) is 9.55 Å². The molecule has 0 atom stereocenters. The smallest absolute Gasteiger partial charge is 0.201 e. The van der Waals surface area contributed by atoms with Crippen LogP contribution in [0.3, 0.4) is 0 Å². The Bertz CT molecular complexity index is 539. The lowest BCUT2D eigenvalue weighted by molar-refractivity contribution is 0.126. The van der Waals surface area contributed by atoms with Crippen molar-refractivity contribution >= 4 is 32.9 Å². The van der Waals surface area contributed by atoms with Gasteiger partial charge in [-0.3, -0.25) is 0 Å². The first-order valence-corrected chi connectivity index (χ1v) is 7.50. The Morgan fingerprint density at radius 1 is 1.32 bits per heavy atom. The predicted molar refractivity (Wildman–Crippen MR) is 82.2 cm³/mol. The van der Waals surface area contributed by atoms with Gasteiger partial charge in [0, 0.05) is 24.2 Å². The maximum atomic E-state index is 5.96. The van der Waals surface area contributed by atoms with Crippen molar-refractivity contribution in [2.75, 3.05) is 18.9 Å². The fraction of sp³-hybridized carbons (Fsp3) is 0.500. The van der Waals surface area contributed by atoms with Crippen LogP contribution in [0.4, 0.5) is 5.95 Å². The van der Waals surface area contributed by atoms with Gasteiger partial charge in [-0.1, -0.05) is 29.3 Å². The first-order chi connectivity index (χ1) is 9.22. The Morgan fingerprint density at radius 3 is 2.89 bits per heavy atom. The van der Waals surface area contributed by atoms with E-state index in [1.165, 1.54) is 6.42 Å². The molecule has 0 spiro atoms. The van der Waals surface area contributed by atoms with E-state index in [4.69, 9.17) is 10.5 Å². The minimum Gasteiger partial charge on any atom is -0.381 e. The van der Waals surface area contributed by atoms with Gasteiger partial charge < -0.3 is 15.0 Å². The average molecular weight is 326 g/mol. The number of nitrogens with two attached hydrogens (primary N) is 1. The number of halogens is 1. The summed E-state index contributed by atoms with van der Waals surface area (Å²) in [6, 6.07) is 6.01. The van der Waals surface area contributed by atoms with Crippen molar-refractivity contribution < 1.29 is 4.74 Å². The van der Waals surface area contributed by atoms with Gasteiger partial charge >= 0.3 is 0 Å². The second kappa shape index (κ2) is 6.91. The van der Waals surface area contributed by atoms with Crippen LogP contribution >= 0.6 is 15.9 Å². The van der Waals surface area contributed by atoms with E-state index < -0.39 is 0 Å². The second-order valence-electron chi connectivity index (χ2n) is 4.57. The van der Waals surface area contributed by atoms with Crippen LogP contribution in [0, 0.1) is 0 Å². The summed E-state index contributed by atoms with van der Waals surface area (Å²) in [4.78, 5) is 4.36. The Hall–Kier alpha value is -1.07. The van der Waals surface area contributed by atoms with Crippen molar-refractivity contribution in [3.8, 4) is 0 Å². The summed E-state index contributed by atoms with van der Waals surface area (Å²) in [5.74, 6) is 0.571. The van der Waals surface area contributed by atoms with Crippen LogP contribution in [0.25, 0.3) is 11.0 Å². The van der Waals surface area contributed by atoms with Crippen LogP contribution in [-0.2, 0) is 11.3 Å². The molecule has 0 amide bonds. The normalized spacial score (nSPS) is 11.3. The van der Waals surface area contributed by atoms with Crippen molar-refractivity contribution in [2.24, 2.45) is 0 Å². The Balaban J connectivity index is 1.96. The summed E-state index contributed by atoms with van der Waals surface area (Å²) in [5, 5.41) is 0. The predicted octanol–water partition coefficient (Wildman–Crippen LogP) is 3.59. The summed E-state index contributed by atoms with van der Waals surface area (Å²) >= 11 is 3.48. The third-order valence-electron chi connectivity index (χ3n) is 3.05. The van der Waals surface area contributed by atoms with E-state index in [-0.39, 0.29) is 0 Å². The minimum absolute atomic E-state index is 0.571. The molecule has 0 unspecified atom stereocenters. The fourth-order valence-corrected chi connectivity index (χ4v) is 2.37. The molecule has 2 rings (SSSR count). The molecular weight excluding hydrogens is 306 g/mol. The minimum atomic E-state index is 0.571. The average Bonchev–Trinajstić information content (AvgIpc) is 2.69. The van der Waals surface area contributed by atoms with Crippen LogP contribution in [0.2, 0.25) is 0 Å². The van der Waals surface area contributed by atoms with Gasteiger partial charge in [-0.05, 0) is 31.0 Å². The number of hydrogen-bond acceptors (Lipinski definition) is 3. The molecule has 0 fully saturated rings. The van der Waals surface area contributed by atoms with Gasteiger partial charge in [-0.25, -0.2) is 4.98 Å². The van der Waals surface area contributed by atoms with Gasteiger partial charge in [-0.2, -0.15) is 0 Å². The molecule has 2 aromatic rings. The van der Waals surface area contributed by atoms with Crippen molar-refractivity contribution in [1.29, 1.82) is 0 Å². The molecule has 1 aromatic heterocycles. The van der Waals surface area contributed by atoms with Crippen LogP contribution in [-0.4, -0.2) is 22.8 Å². The highest BCUT2D eigenvalue weighted by Crippen LogP contribution is 2.22. The van der Waals surface area contributed by atoms with Gasteiger partial charge in [0.2, 0.25) is 5.95 Å². The highest BCUT2D eigenvalue weighted by Gasteiger charge is 2.07. The molecule has 0 saturated heterocycles. The standard InChI is InChI=1S/C14H20BrN3O/c1-2-3-8-19-9-4-7-18-13-10-11(15)5-6-12(13)17-14(18)16/h5-6,10H,2-4,7-9H2,1H3,(H2,16,17). The SMILES string of the molecule is CCCCOCCCn1c(N)nc2ccc(Br)cc21. The molecule has 0 aliphatic carbocycles. The lowest BCUT2D eigenvalue weighted by atomic mass is 10.3. The maximum absolute atomic E-state index is 5.96. The number of benzene rings is 1. The second-order valence-corrected chi connectivity index (χ2v) is 5.49. The number of rotatable bonds is 7. The largest absolute Gasteiger partial charge is 0.381 e. The molecule has 0 bridgehead atoms. The third kappa shape index (κ3) is 3.70. The molecule has 104 valence electrons. The summed E-state index contributed by atoms with van der Waals surface area (Å²) in [6.07, 6.45) is 3.25. The van der Waals surface area contributed by atoms with Gasteiger partial charge in [0.1, 0.15) is 0 Å². The number of aryl methyl sites for hydroxylation is 1. The summed E-state index contributed by atoms with van der Waals surface area (Å²) in [5.41, 5.74) is 7.97. The van der Waals surface area contributed by atoms with Gasteiger partial charge in [0.15, 0.2) is 0 Å². The molecule has 19 heavy (non-hydrogen) atoms. The molecular formula is C14H20BrN3O. The van der Waals surface area contributed by atoms with Gasteiger partial charge in [0.05, 0.1) is 11.0 Å². The number of nitrogens with zero attached hydrogens (tertiary/aromatic N) is 2. The lowest BCUT2D eigenvalue weighted by Gasteiger charge is -2.07. The quantitative estimate of drug-likeness (QED) is 0.791. The Kier molecular flexibility index (Phi) is 5.22. The molecule has 5 heteroatoms. The summed E-state index contributed by atoms with van der Waals surface area (Å²) in [6.45, 7) is 4.62. The van der Waals surface area contributed by atoms with E-state index in [2.05, 4.69) is 33.9 Å². The van der Waals surface area contributed by atoms with E-state index in [9.17, 15) is 0 Å². The van der Waals surface area contributed by atoms with E-state index >= 15 is 0 Å². The molecule has 0 radical (unpaired) electrons. The van der Waals surface area contributed by atoms with Crippen molar-refractivity contribution in [3.63, 3.8) is 0 Å². The highest BCUT2D eigenvalue weighted by atomic mass is 79.9. The van der Waals surface area contributed by atoms with Gasteiger partial charge in [-0.15, -0.1) is 0 Å². The topological polar surface area (TPSA) is 53.1 Å². The van der Waals surface area contributed by atoms with E-state index in [1.807, 2.05) is 16.7 Å². The first kappa shape index (κ1) is 14.3. The monoisotopic (exact) mass is 325 g/mol. The molecule has 0 aliphatic heterocycles. The van der Waals surface area contributed by atoms with E-state index in [0.717, 1.165) is 48.1 Å². The number of nitrogen functional groups attached to an aromatic ring is 1. The zero-order valence-corrected chi connectivity index (χ0v) is 12.8. The van der Waals surface area contributed by atoms with Crippen molar-refractivity contribution in [3.05, 3.63) is 22.7 Å². The number of aromatic nitrogens is 2. The molecule has 2 N–H and O–H groups in total. The number of fused-ring (bicyclic) bond motifs is 1. The molecule has 1 heterocycles. The zero-order chi connectivity index (χ0) is 13.7. The van der Waals surface area contributed by atoms with Crippen molar-refractivity contribution in [2.45, 2.75) is 32.7 Å². The van der Waals surface area contributed by atoms with Crippen LogP contribution in [0.15, 0.2) is 22.7 Å². The summed E-state index contributed by atoms with van der Waals surface area (Å²) < 4.78 is 8.65. The third-order valence-corrected chi connectivity index (χ3v) is 3.55. The van der Waals surface area contributed by atoms with Gasteiger partial charge in [0.25, 0.3) is 0 Å². The molecule has 1 aromatic carbocycles. The van der Waals surface area contributed by atoms with E-state index in [1.54, 1.807) is 0 Å².